The minimum atomic E-state index is -0.777. The second kappa shape index (κ2) is 49.0. The van der Waals surface area contributed by atoms with Crippen molar-refractivity contribution in [1.82, 2.24) is 0 Å². The first kappa shape index (κ1) is 57.4. The van der Waals surface area contributed by atoms with Crippen LogP contribution in [-0.2, 0) is 28.6 Å². The topological polar surface area (TPSA) is 78.9 Å². The molecule has 1 unspecified atom stereocenters. The fourth-order valence-electron chi connectivity index (χ4n) is 7.28. The molecule has 60 heavy (non-hydrogen) atoms. The van der Waals surface area contributed by atoms with Crippen LogP contribution in [-0.4, -0.2) is 37.2 Å². The average molecular weight is 841 g/mol. The van der Waals surface area contributed by atoms with Crippen LogP contribution in [0.4, 0.5) is 0 Å². The van der Waals surface area contributed by atoms with Gasteiger partial charge in [-0.1, -0.05) is 243 Å². The smallest absolute Gasteiger partial charge is 0.306 e. The number of rotatable bonds is 46. The molecule has 0 bridgehead atoms. The zero-order valence-corrected chi connectivity index (χ0v) is 39.7. The fourth-order valence-corrected chi connectivity index (χ4v) is 7.28. The van der Waals surface area contributed by atoms with Gasteiger partial charge in [-0.05, 0) is 44.9 Å². The van der Waals surface area contributed by atoms with E-state index in [2.05, 4.69) is 69.4 Å². The van der Waals surface area contributed by atoms with Crippen molar-refractivity contribution in [1.29, 1.82) is 0 Å². The zero-order chi connectivity index (χ0) is 43.7. The maximum Gasteiger partial charge on any atom is 0.306 e. The Labute approximate surface area is 371 Å². The molecule has 0 N–H and O–H groups in total. The van der Waals surface area contributed by atoms with Crippen LogP contribution in [0.5, 0.6) is 0 Å². The minimum absolute atomic E-state index is 0.0776. The molecular weight excluding hydrogens is 745 g/mol. The van der Waals surface area contributed by atoms with Crippen LogP contribution in [0.2, 0.25) is 0 Å². The Morgan fingerprint density at radius 2 is 0.600 bits per heavy atom. The molecule has 6 nitrogen and oxygen atoms in total. The predicted molar refractivity (Wildman–Crippen MR) is 256 cm³/mol. The van der Waals surface area contributed by atoms with Crippen LogP contribution in [0, 0.1) is 0 Å². The van der Waals surface area contributed by atoms with E-state index in [1.807, 2.05) is 0 Å². The molecule has 0 heterocycles. The SMILES string of the molecule is CCCCC\C=C/C=C\C=C/C=C\CCCCCCCC(=O)OCC(COC(=O)CCCCCCCCCCCC)OC(=O)CCCCCCCCCCCCCCCC. The average Bonchev–Trinajstić information content (AvgIpc) is 3.24. The van der Waals surface area contributed by atoms with Crippen molar-refractivity contribution in [3.05, 3.63) is 48.6 Å². The predicted octanol–water partition coefficient (Wildman–Crippen LogP) is 16.7. The summed E-state index contributed by atoms with van der Waals surface area (Å²) >= 11 is 0. The van der Waals surface area contributed by atoms with Crippen molar-refractivity contribution in [3.63, 3.8) is 0 Å². The summed E-state index contributed by atoms with van der Waals surface area (Å²) in [5.41, 5.74) is 0. The summed E-state index contributed by atoms with van der Waals surface area (Å²) in [6, 6.07) is 0. The first-order chi connectivity index (χ1) is 29.5. The molecule has 1 atom stereocenters. The van der Waals surface area contributed by atoms with E-state index in [9.17, 15) is 14.4 Å². The van der Waals surface area contributed by atoms with Crippen LogP contribution in [0.25, 0.3) is 0 Å². The molecule has 0 radical (unpaired) electrons. The van der Waals surface area contributed by atoms with Crippen LogP contribution < -0.4 is 0 Å². The van der Waals surface area contributed by atoms with E-state index in [1.54, 1.807) is 0 Å². The van der Waals surface area contributed by atoms with Crippen molar-refractivity contribution in [2.24, 2.45) is 0 Å². The summed E-state index contributed by atoms with van der Waals surface area (Å²) in [7, 11) is 0. The second-order valence-electron chi connectivity index (χ2n) is 17.2. The number of carbonyl (C=O) groups excluding carboxylic acids is 3. The fraction of sp³-hybridized carbons (Fsp3) is 0.796. The number of unbranched alkanes of at least 4 members (excludes halogenated alkanes) is 30. The lowest BCUT2D eigenvalue weighted by Gasteiger charge is -2.18. The summed E-state index contributed by atoms with van der Waals surface area (Å²) in [5.74, 6) is -0.894. The van der Waals surface area contributed by atoms with Crippen LogP contribution in [0.15, 0.2) is 48.6 Å². The van der Waals surface area contributed by atoms with Gasteiger partial charge in [-0.25, -0.2) is 0 Å². The molecule has 0 amide bonds. The lowest BCUT2D eigenvalue weighted by atomic mass is 10.0. The number of hydrogen-bond acceptors (Lipinski definition) is 6. The number of allylic oxidation sites excluding steroid dienone is 8. The molecular formula is C54H96O6. The Kier molecular flexibility index (Phi) is 46.9. The summed E-state index contributed by atoms with van der Waals surface area (Å²) in [6.45, 7) is 6.58. The molecule has 0 aliphatic heterocycles. The summed E-state index contributed by atoms with van der Waals surface area (Å²) in [6.07, 6.45) is 58.0. The number of carbonyl (C=O) groups is 3. The largest absolute Gasteiger partial charge is 0.462 e. The number of hydrogen-bond donors (Lipinski definition) is 0. The van der Waals surface area contributed by atoms with E-state index < -0.39 is 6.10 Å². The Morgan fingerprint density at radius 3 is 0.967 bits per heavy atom. The van der Waals surface area contributed by atoms with Crippen molar-refractivity contribution < 1.29 is 28.6 Å². The van der Waals surface area contributed by atoms with Gasteiger partial charge in [0.15, 0.2) is 6.10 Å². The van der Waals surface area contributed by atoms with Crippen LogP contribution in [0.1, 0.15) is 258 Å². The maximum absolute atomic E-state index is 12.8. The maximum atomic E-state index is 12.8. The molecule has 0 spiro atoms. The van der Waals surface area contributed by atoms with Gasteiger partial charge in [0.05, 0.1) is 0 Å². The van der Waals surface area contributed by atoms with Crippen molar-refractivity contribution in [2.75, 3.05) is 13.2 Å². The normalized spacial score (nSPS) is 12.4. The highest BCUT2D eigenvalue weighted by Crippen LogP contribution is 2.15. The van der Waals surface area contributed by atoms with Crippen molar-refractivity contribution in [2.45, 2.75) is 264 Å². The van der Waals surface area contributed by atoms with E-state index in [4.69, 9.17) is 14.2 Å². The summed E-state index contributed by atoms with van der Waals surface area (Å²) in [5, 5.41) is 0. The Morgan fingerprint density at radius 1 is 0.333 bits per heavy atom. The molecule has 6 heteroatoms. The monoisotopic (exact) mass is 841 g/mol. The highest BCUT2D eigenvalue weighted by atomic mass is 16.6. The highest BCUT2D eigenvalue weighted by molar-refractivity contribution is 5.71. The Hall–Kier alpha value is -2.63. The standard InChI is InChI=1S/C54H96O6/c1-4-7-10-13-16-19-22-24-26-27-28-29-31-32-35-38-41-44-47-53(56)59-50-51(49-58-52(55)46-43-40-37-34-21-18-15-12-9-6-3)60-54(57)48-45-42-39-36-33-30-25-23-20-17-14-11-8-5-2/h16,19,22,24,26-29,51H,4-15,17-18,20-21,23,25,30-50H2,1-3H3/b19-16-,24-22-,27-26-,29-28-. The van der Waals surface area contributed by atoms with E-state index in [0.717, 1.165) is 83.5 Å². The third-order valence-corrected chi connectivity index (χ3v) is 11.2. The van der Waals surface area contributed by atoms with E-state index >= 15 is 0 Å². The van der Waals surface area contributed by atoms with Gasteiger partial charge in [-0.15, -0.1) is 0 Å². The van der Waals surface area contributed by atoms with Gasteiger partial charge in [-0.2, -0.15) is 0 Å². The van der Waals surface area contributed by atoms with Gasteiger partial charge in [0.2, 0.25) is 0 Å². The first-order valence-electron chi connectivity index (χ1n) is 25.7. The van der Waals surface area contributed by atoms with Gasteiger partial charge in [0.25, 0.3) is 0 Å². The molecule has 0 aromatic carbocycles. The van der Waals surface area contributed by atoms with Crippen molar-refractivity contribution in [3.8, 4) is 0 Å². The molecule has 0 aliphatic rings. The van der Waals surface area contributed by atoms with Gasteiger partial charge < -0.3 is 14.2 Å². The molecule has 0 fully saturated rings. The van der Waals surface area contributed by atoms with E-state index in [1.165, 1.54) is 135 Å². The third-order valence-electron chi connectivity index (χ3n) is 11.2. The third kappa shape index (κ3) is 46.4. The molecule has 0 saturated carbocycles. The Bertz CT molecular complexity index is 1060. The van der Waals surface area contributed by atoms with Gasteiger partial charge in [0.1, 0.15) is 13.2 Å². The highest BCUT2D eigenvalue weighted by Gasteiger charge is 2.19. The number of esters is 3. The van der Waals surface area contributed by atoms with E-state index in [0.29, 0.717) is 19.3 Å². The lowest BCUT2D eigenvalue weighted by Crippen LogP contribution is -2.30. The van der Waals surface area contributed by atoms with Gasteiger partial charge >= 0.3 is 17.9 Å². The molecule has 0 rings (SSSR count). The summed E-state index contributed by atoms with van der Waals surface area (Å²) < 4.78 is 16.8. The van der Waals surface area contributed by atoms with Crippen LogP contribution in [0.3, 0.4) is 0 Å². The first-order valence-corrected chi connectivity index (χ1v) is 25.7. The van der Waals surface area contributed by atoms with Gasteiger partial charge in [-0.3, -0.25) is 14.4 Å². The second-order valence-corrected chi connectivity index (χ2v) is 17.2. The molecule has 0 saturated heterocycles. The van der Waals surface area contributed by atoms with Crippen LogP contribution >= 0.6 is 0 Å². The summed E-state index contributed by atoms with van der Waals surface area (Å²) in [4.78, 5) is 37.9. The zero-order valence-electron chi connectivity index (χ0n) is 39.7. The number of ether oxygens (including phenoxy) is 3. The minimum Gasteiger partial charge on any atom is -0.462 e. The lowest BCUT2D eigenvalue weighted by molar-refractivity contribution is -0.167. The van der Waals surface area contributed by atoms with Gasteiger partial charge in [0, 0.05) is 19.3 Å². The molecule has 348 valence electrons. The van der Waals surface area contributed by atoms with Crippen molar-refractivity contribution >= 4 is 17.9 Å². The quantitative estimate of drug-likeness (QED) is 0.0263. The Balaban J connectivity index is 4.38. The van der Waals surface area contributed by atoms with E-state index in [-0.39, 0.29) is 31.1 Å². The molecule has 0 aromatic heterocycles. The molecule has 0 aliphatic carbocycles. The molecule has 0 aromatic rings.